The van der Waals surface area contributed by atoms with Gasteiger partial charge in [-0.15, -0.1) is 0 Å². The molecule has 0 amide bonds. The first-order valence-corrected chi connectivity index (χ1v) is 14.7. The van der Waals surface area contributed by atoms with Crippen molar-refractivity contribution in [1.29, 1.82) is 0 Å². The minimum absolute atomic E-state index is 0.443. The topological polar surface area (TPSA) is 115 Å². The van der Waals surface area contributed by atoms with E-state index in [0.29, 0.717) is 43.4 Å². The molecule has 0 spiro atoms. The summed E-state index contributed by atoms with van der Waals surface area (Å²) in [6.07, 6.45) is 19.0. The smallest absolute Gasteiger partial charge is 0.306 e. The molecule has 0 bridgehead atoms. The molecule has 0 rings (SSSR count). The Kier molecular flexibility index (Phi) is 20.0. The second-order valence-electron chi connectivity index (χ2n) is 11.2. The predicted octanol–water partition coefficient (Wildman–Crippen LogP) is 5.67. The van der Waals surface area contributed by atoms with Gasteiger partial charge in [0, 0.05) is 31.1 Å². The number of carbonyl (C=O) groups excluding carboxylic acids is 1. The third kappa shape index (κ3) is 18.1. The lowest BCUT2D eigenvalue weighted by Gasteiger charge is -2.41. The van der Waals surface area contributed by atoms with E-state index in [1.165, 1.54) is 51.4 Å². The van der Waals surface area contributed by atoms with E-state index in [0.717, 1.165) is 25.8 Å². The third-order valence-corrected chi connectivity index (χ3v) is 7.73. The van der Waals surface area contributed by atoms with Crippen LogP contribution in [0.25, 0.3) is 0 Å². The van der Waals surface area contributed by atoms with Crippen LogP contribution in [-0.4, -0.2) is 58.8 Å². The average molecular weight is 526 g/mol. The summed E-state index contributed by atoms with van der Waals surface area (Å²) in [6, 6.07) is 0. The van der Waals surface area contributed by atoms with Crippen LogP contribution in [0.1, 0.15) is 118 Å². The minimum Gasteiger partial charge on any atom is -0.550 e. The molecule has 0 fully saturated rings. The number of carbonyl (C=O) groups is 3. The Balaban J connectivity index is 4.85. The SMILES string of the molecule is CCC/C=C/CCCCCCCCCC[N+](CCC(C)C(=O)[O-])(CCC(C)C(=O)O)CCC(C)C(=O)O. The Hall–Kier alpha value is -1.89. The van der Waals surface area contributed by atoms with Crippen molar-refractivity contribution in [2.24, 2.45) is 17.8 Å². The molecule has 0 saturated heterocycles. The normalized spacial score (nSPS) is 15.8. The maximum atomic E-state index is 11.4. The van der Waals surface area contributed by atoms with E-state index in [2.05, 4.69) is 19.1 Å². The van der Waals surface area contributed by atoms with Crippen molar-refractivity contribution in [1.82, 2.24) is 0 Å². The molecule has 37 heavy (non-hydrogen) atoms. The fourth-order valence-corrected chi connectivity index (χ4v) is 4.61. The van der Waals surface area contributed by atoms with Crippen molar-refractivity contribution < 1.29 is 34.2 Å². The molecule has 0 aliphatic heterocycles. The zero-order valence-electron chi connectivity index (χ0n) is 24.1. The number of quaternary nitrogens is 1. The first-order valence-electron chi connectivity index (χ1n) is 14.7. The molecule has 0 aromatic heterocycles. The maximum absolute atomic E-state index is 11.4. The summed E-state index contributed by atoms with van der Waals surface area (Å²) >= 11 is 0. The lowest BCUT2D eigenvalue weighted by Crippen LogP contribution is -2.52. The second kappa shape index (κ2) is 21.1. The molecule has 0 heterocycles. The van der Waals surface area contributed by atoms with Crippen LogP contribution in [0.2, 0.25) is 0 Å². The Morgan fingerprint density at radius 2 is 1.05 bits per heavy atom. The van der Waals surface area contributed by atoms with E-state index in [1.54, 1.807) is 20.8 Å². The molecule has 7 heteroatoms. The predicted molar refractivity (Wildman–Crippen MR) is 147 cm³/mol. The molecule has 0 aromatic carbocycles. The summed E-state index contributed by atoms with van der Waals surface area (Å²) in [5, 5.41) is 30.1. The van der Waals surface area contributed by atoms with Gasteiger partial charge in [0.15, 0.2) is 0 Å². The summed E-state index contributed by atoms with van der Waals surface area (Å²) in [6.45, 7) is 9.89. The summed E-state index contributed by atoms with van der Waals surface area (Å²) in [5.74, 6) is -4.32. The van der Waals surface area contributed by atoms with Gasteiger partial charge in [-0.2, -0.15) is 0 Å². The summed E-state index contributed by atoms with van der Waals surface area (Å²) < 4.78 is 0.582. The fourth-order valence-electron chi connectivity index (χ4n) is 4.61. The van der Waals surface area contributed by atoms with Crippen molar-refractivity contribution in [3.63, 3.8) is 0 Å². The molecular formula is C30H55NO6. The monoisotopic (exact) mass is 525 g/mol. The van der Waals surface area contributed by atoms with Crippen LogP contribution in [0.4, 0.5) is 0 Å². The number of carboxylic acids is 3. The molecule has 2 N–H and O–H groups in total. The van der Waals surface area contributed by atoms with Gasteiger partial charge >= 0.3 is 11.9 Å². The van der Waals surface area contributed by atoms with Crippen LogP contribution < -0.4 is 5.11 Å². The lowest BCUT2D eigenvalue weighted by atomic mass is 10.0. The lowest BCUT2D eigenvalue weighted by molar-refractivity contribution is -0.929. The molecule has 7 nitrogen and oxygen atoms in total. The Labute approximate surface area is 225 Å². The van der Waals surface area contributed by atoms with Gasteiger partial charge in [-0.25, -0.2) is 0 Å². The largest absolute Gasteiger partial charge is 0.550 e. The van der Waals surface area contributed by atoms with Crippen LogP contribution in [0.15, 0.2) is 12.2 Å². The van der Waals surface area contributed by atoms with Crippen LogP contribution in [0, 0.1) is 17.8 Å². The van der Waals surface area contributed by atoms with Gasteiger partial charge in [0.2, 0.25) is 0 Å². The second-order valence-corrected chi connectivity index (χ2v) is 11.2. The highest BCUT2D eigenvalue weighted by molar-refractivity contribution is 5.69. The van der Waals surface area contributed by atoms with Crippen LogP contribution in [0.5, 0.6) is 0 Å². The zero-order valence-corrected chi connectivity index (χ0v) is 24.1. The quantitative estimate of drug-likeness (QED) is 0.0902. The molecule has 0 aromatic rings. The molecule has 0 aliphatic rings. The van der Waals surface area contributed by atoms with Crippen molar-refractivity contribution in [3.05, 3.63) is 12.2 Å². The third-order valence-electron chi connectivity index (χ3n) is 7.73. The van der Waals surface area contributed by atoms with Gasteiger partial charge < -0.3 is 24.6 Å². The minimum atomic E-state index is -1.08. The number of nitrogens with zero attached hydrogens (tertiary/aromatic N) is 1. The van der Waals surface area contributed by atoms with E-state index >= 15 is 0 Å². The summed E-state index contributed by atoms with van der Waals surface area (Å²) in [7, 11) is 0. The highest BCUT2D eigenvalue weighted by Crippen LogP contribution is 2.22. The van der Waals surface area contributed by atoms with E-state index in [1.807, 2.05) is 0 Å². The molecule has 0 radical (unpaired) electrons. The van der Waals surface area contributed by atoms with Gasteiger partial charge in [-0.3, -0.25) is 9.59 Å². The number of unbranched alkanes of at least 4 members (excludes halogenated alkanes) is 9. The molecular weight excluding hydrogens is 470 g/mol. The highest BCUT2D eigenvalue weighted by Gasteiger charge is 2.30. The van der Waals surface area contributed by atoms with Crippen LogP contribution >= 0.6 is 0 Å². The first kappa shape index (κ1) is 35.1. The van der Waals surface area contributed by atoms with Crippen molar-refractivity contribution in [3.8, 4) is 0 Å². The average Bonchev–Trinajstić information content (AvgIpc) is 2.86. The van der Waals surface area contributed by atoms with Crippen molar-refractivity contribution in [2.45, 2.75) is 118 Å². The maximum Gasteiger partial charge on any atom is 0.306 e. The standard InChI is InChI=1S/C30H55NO6/c1-5-6-7-8-9-10-11-12-13-14-15-16-17-21-31(22-18-25(2)28(32)33,23-19-26(3)29(34)35)24-20-27(4)30(36)37/h7-8,25-27H,5-6,9-24H2,1-4H3,(H2-,32,33,34,35,36,37)/b8-7+. The van der Waals surface area contributed by atoms with Gasteiger partial charge in [-0.1, -0.05) is 78.4 Å². The van der Waals surface area contributed by atoms with Gasteiger partial charge in [0.1, 0.15) is 0 Å². The van der Waals surface area contributed by atoms with Crippen LogP contribution in [-0.2, 0) is 14.4 Å². The first-order chi connectivity index (χ1) is 17.5. The Morgan fingerprint density at radius 3 is 1.49 bits per heavy atom. The number of hydrogen-bond donors (Lipinski definition) is 2. The van der Waals surface area contributed by atoms with E-state index < -0.39 is 35.7 Å². The van der Waals surface area contributed by atoms with E-state index in [-0.39, 0.29) is 0 Å². The van der Waals surface area contributed by atoms with Crippen molar-refractivity contribution >= 4 is 17.9 Å². The highest BCUT2D eigenvalue weighted by atomic mass is 16.4. The van der Waals surface area contributed by atoms with Gasteiger partial charge in [0.25, 0.3) is 0 Å². The van der Waals surface area contributed by atoms with Crippen LogP contribution in [0.3, 0.4) is 0 Å². The molecule has 216 valence electrons. The number of carboxylic acid groups (broad SMARTS) is 3. The van der Waals surface area contributed by atoms with E-state index in [9.17, 15) is 29.7 Å². The van der Waals surface area contributed by atoms with Gasteiger partial charge in [0.05, 0.1) is 38.0 Å². The van der Waals surface area contributed by atoms with Gasteiger partial charge in [-0.05, 0) is 32.1 Å². The zero-order chi connectivity index (χ0) is 28.1. The number of rotatable bonds is 25. The van der Waals surface area contributed by atoms with Crippen molar-refractivity contribution in [2.75, 3.05) is 26.2 Å². The number of aliphatic carboxylic acids is 3. The van der Waals surface area contributed by atoms with E-state index in [4.69, 9.17) is 0 Å². The molecule has 3 unspecified atom stereocenters. The summed E-state index contributed by atoms with van der Waals surface area (Å²) in [5.41, 5.74) is 0. The number of hydrogen-bond acceptors (Lipinski definition) is 4. The Morgan fingerprint density at radius 1 is 0.649 bits per heavy atom. The summed E-state index contributed by atoms with van der Waals surface area (Å²) in [4.78, 5) is 34.2. The Bertz CT molecular complexity index is 603. The number of allylic oxidation sites excluding steroid dienone is 2. The fraction of sp³-hybridized carbons (Fsp3) is 0.833. The molecule has 3 atom stereocenters. The molecule has 0 saturated carbocycles. The molecule has 0 aliphatic carbocycles.